The minimum atomic E-state index is 0.111. The SMILES string of the molecule is COc1c(C)ccc(CC(C)N)c1Cl. The largest absolute Gasteiger partial charge is 0.495 e. The van der Waals surface area contributed by atoms with Crippen molar-refractivity contribution in [3.63, 3.8) is 0 Å². The van der Waals surface area contributed by atoms with Gasteiger partial charge in [0.15, 0.2) is 0 Å². The molecule has 1 rings (SSSR count). The molecular weight excluding hydrogens is 198 g/mol. The molecule has 0 radical (unpaired) electrons. The maximum Gasteiger partial charge on any atom is 0.140 e. The standard InChI is InChI=1S/C11H16ClNO/c1-7-4-5-9(6-8(2)13)10(12)11(7)14-3/h4-5,8H,6,13H2,1-3H3. The Hall–Kier alpha value is -0.730. The summed E-state index contributed by atoms with van der Waals surface area (Å²) >= 11 is 6.18. The Balaban J connectivity index is 3.08. The number of methoxy groups -OCH3 is 1. The van der Waals surface area contributed by atoms with E-state index in [0.29, 0.717) is 5.02 Å². The second kappa shape index (κ2) is 4.67. The van der Waals surface area contributed by atoms with E-state index < -0.39 is 0 Å². The summed E-state index contributed by atoms with van der Waals surface area (Å²) in [5, 5.41) is 0.685. The third kappa shape index (κ3) is 2.40. The lowest BCUT2D eigenvalue weighted by Crippen LogP contribution is -2.18. The number of hydrogen-bond acceptors (Lipinski definition) is 2. The second-order valence-electron chi connectivity index (χ2n) is 3.57. The Labute approximate surface area is 90.0 Å². The lowest BCUT2D eigenvalue weighted by Gasteiger charge is -2.12. The lowest BCUT2D eigenvalue weighted by molar-refractivity contribution is 0.411. The van der Waals surface area contributed by atoms with Gasteiger partial charge in [-0.05, 0) is 31.4 Å². The van der Waals surface area contributed by atoms with E-state index in [1.165, 1.54) is 0 Å². The first-order valence-electron chi connectivity index (χ1n) is 4.63. The van der Waals surface area contributed by atoms with E-state index in [0.717, 1.165) is 23.3 Å². The predicted octanol–water partition coefficient (Wildman–Crippen LogP) is 2.55. The first-order valence-corrected chi connectivity index (χ1v) is 5.01. The van der Waals surface area contributed by atoms with Crippen molar-refractivity contribution in [2.45, 2.75) is 26.3 Å². The number of aryl methyl sites for hydroxylation is 1. The molecule has 3 heteroatoms. The fourth-order valence-electron chi connectivity index (χ4n) is 1.45. The zero-order valence-corrected chi connectivity index (χ0v) is 9.56. The summed E-state index contributed by atoms with van der Waals surface area (Å²) in [6.07, 6.45) is 0.773. The van der Waals surface area contributed by atoms with Crippen molar-refractivity contribution < 1.29 is 4.74 Å². The third-order valence-electron chi connectivity index (χ3n) is 2.12. The summed E-state index contributed by atoms with van der Waals surface area (Å²) in [5.74, 6) is 0.754. The molecule has 0 amide bonds. The number of ether oxygens (including phenoxy) is 1. The molecule has 0 saturated carbocycles. The number of halogens is 1. The van der Waals surface area contributed by atoms with Crippen LogP contribution in [0.3, 0.4) is 0 Å². The Morgan fingerprint density at radius 3 is 2.64 bits per heavy atom. The molecule has 2 nitrogen and oxygen atoms in total. The molecule has 1 aromatic rings. The second-order valence-corrected chi connectivity index (χ2v) is 3.95. The Morgan fingerprint density at radius 1 is 1.50 bits per heavy atom. The number of rotatable bonds is 3. The van der Waals surface area contributed by atoms with Gasteiger partial charge in [-0.1, -0.05) is 23.7 Å². The summed E-state index contributed by atoms with van der Waals surface area (Å²) in [5.41, 5.74) is 7.82. The van der Waals surface area contributed by atoms with Gasteiger partial charge in [-0.15, -0.1) is 0 Å². The summed E-state index contributed by atoms with van der Waals surface area (Å²) in [6, 6.07) is 4.12. The van der Waals surface area contributed by atoms with E-state index in [9.17, 15) is 0 Å². The van der Waals surface area contributed by atoms with Gasteiger partial charge in [0.1, 0.15) is 5.75 Å². The van der Waals surface area contributed by atoms with Crippen LogP contribution in [0.2, 0.25) is 5.02 Å². The minimum absolute atomic E-state index is 0.111. The van der Waals surface area contributed by atoms with Gasteiger partial charge in [0.25, 0.3) is 0 Å². The molecule has 0 fully saturated rings. The normalized spacial score (nSPS) is 12.6. The van der Waals surface area contributed by atoms with Crippen LogP contribution in [0.1, 0.15) is 18.1 Å². The molecule has 0 saturated heterocycles. The van der Waals surface area contributed by atoms with Crippen molar-refractivity contribution in [2.24, 2.45) is 5.73 Å². The van der Waals surface area contributed by atoms with E-state index in [-0.39, 0.29) is 6.04 Å². The van der Waals surface area contributed by atoms with Crippen molar-refractivity contribution in [3.8, 4) is 5.75 Å². The van der Waals surface area contributed by atoms with Crippen LogP contribution in [0.4, 0.5) is 0 Å². The molecule has 0 aliphatic carbocycles. The zero-order chi connectivity index (χ0) is 10.7. The van der Waals surface area contributed by atoms with Crippen LogP contribution in [0, 0.1) is 6.92 Å². The minimum Gasteiger partial charge on any atom is -0.495 e. The molecule has 0 spiro atoms. The monoisotopic (exact) mass is 213 g/mol. The zero-order valence-electron chi connectivity index (χ0n) is 8.80. The van der Waals surface area contributed by atoms with Gasteiger partial charge in [-0.2, -0.15) is 0 Å². The van der Waals surface area contributed by atoms with E-state index in [1.807, 2.05) is 26.0 Å². The van der Waals surface area contributed by atoms with Gasteiger partial charge in [0.05, 0.1) is 12.1 Å². The highest BCUT2D eigenvalue weighted by atomic mass is 35.5. The highest BCUT2D eigenvalue weighted by Crippen LogP contribution is 2.31. The molecule has 0 bridgehead atoms. The molecule has 1 atom stereocenters. The smallest absolute Gasteiger partial charge is 0.140 e. The fourth-order valence-corrected chi connectivity index (χ4v) is 1.81. The van der Waals surface area contributed by atoms with Crippen LogP contribution >= 0.6 is 11.6 Å². The average Bonchev–Trinajstić information content (AvgIpc) is 2.10. The van der Waals surface area contributed by atoms with Crippen molar-refractivity contribution in [1.29, 1.82) is 0 Å². The Morgan fingerprint density at radius 2 is 2.14 bits per heavy atom. The van der Waals surface area contributed by atoms with Crippen molar-refractivity contribution in [1.82, 2.24) is 0 Å². The van der Waals surface area contributed by atoms with Gasteiger partial charge in [-0.3, -0.25) is 0 Å². The molecule has 14 heavy (non-hydrogen) atoms. The van der Waals surface area contributed by atoms with Gasteiger partial charge in [0, 0.05) is 6.04 Å². The van der Waals surface area contributed by atoms with Crippen LogP contribution in [0.25, 0.3) is 0 Å². The first kappa shape index (κ1) is 11.3. The van der Waals surface area contributed by atoms with Gasteiger partial charge in [0.2, 0.25) is 0 Å². The van der Waals surface area contributed by atoms with Crippen LogP contribution < -0.4 is 10.5 Å². The molecule has 0 aliphatic rings. The van der Waals surface area contributed by atoms with Gasteiger partial charge < -0.3 is 10.5 Å². The predicted molar refractivity (Wildman–Crippen MR) is 60.1 cm³/mol. The maximum atomic E-state index is 6.18. The molecule has 0 heterocycles. The summed E-state index contributed by atoms with van der Waals surface area (Å²) in [6.45, 7) is 3.93. The maximum absolute atomic E-state index is 6.18. The van der Waals surface area contributed by atoms with Gasteiger partial charge in [-0.25, -0.2) is 0 Å². The van der Waals surface area contributed by atoms with E-state index >= 15 is 0 Å². The van der Waals surface area contributed by atoms with Crippen LogP contribution in [-0.2, 0) is 6.42 Å². The van der Waals surface area contributed by atoms with Crippen LogP contribution in [0.5, 0.6) is 5.75 Å². The van der Waals surface area contributed by atoms with E-state index in [4.69, 9.17) is 22.1 Å². The lowest BCUT2D eigenvalue weighted by atomic mass is 10.0. The van der Waals surface area contributed by atoms with Crippen LogP contribution in [0.15, 0.2) is 12.1 Å². The topological polar surface area (TPSA) is 35.2 Å². The van der Waals surface area contributed by atoms with Gasteiger partial charge >= 0.3 is 0 Å². The van der Waals surface area contributed by atoms with E-state index in [2.05, 4.69) is 0 Å². The van der Waals surface area contributed by atoms with Crippen molar-refractivity contribution in [2.75, 3.05) is 7.11 Å². The molecule has 1 unspecified atom stereocenters. The Bertz CT molecular complexity index is 323. The van der Waals surface area contributed by atoms with Crippen molar-refractivity contribution >= 4 is 11.6 Å². The summed E-state index contributed by atoms with van der Waals surface area (Å²) < 4.78 is 5.23. The summed E-state index contributed by atoms with van der Waals surface area (Å²) in [4.78, 5) is 0. The third-order valence-corrected chi connectivity index (χ3v) is 2.53. The first-order chi connectivity index (χ1) is 6.56. The van der Waals surface area contributed by atoms with E-state index in [1.54, 1.807) is 7.11 Å². The highest BCUT2D eigenvalue weighted by molar-refractivity contribution is 6.33. The molecular formula is C11H16ClNO. The molecule has 0 aliphatic heterocycles. The fraction of sp³-hybridized carbons (Fsp3) is 0.455. The van der Waals surface area contributed by atoms with Crippen molar-refractivity contribution in [3.05, 3.63) is 28.3 Å². The number of nitrogens with two attached hydrogens (primary N) is 1. The summed E-state index contributed by atoms with van der Waals surface area (Å²) in [7, 11) is 1.63. The quantitative estimate of drug-likeness (QED) is 0.838. The number of benzene rings is 1. The molecule has 1 aromatic carbocycles. The Kier molecular flexibility index (Phi) is 3.78. The molecule has 0 aromatic heterocycles. The average molecular weight is 214 g/mol. The number of hydrogen-bond donors (Lipinski definition) is 1. The van der Waals surface area contributed by atoms with Crippen LogP contribution in [-0.4, -0.2) is 13.2 Å². The molecule has 2 N–H and O–H groups in total. The highest BCUT2D eigenvalue weighted by Gasteiger charge is 2.10. The molecule has 78 valence electrons.